The lowest BCUT2D eigenvalue weighted by Gasteiger charge is -2.22. The Morgan fingerprint density at radius 1 is 1.33 bits per heavy atom. The number of nitrogens with zero attached hydrogens (tertiary/aromatic N) is 1. The van der Waals surface area contributed by atoms with Crippen molar-refractivity contribution in [1.82, 2.24) is 4.90 Å². The van der Waals surface area contributed by atoms with Crippen LogP contribution >= 0.6 is 0 Å². The lowest BCUT2D eigenvalue weighted by Crippen LogP contribution is -2.25. The number of aryl methyl sites for hydroxylation is 1. The van der Waals surface area contributed by atoms with Gasteiger partial charge in [0.15, 0.2) is 0 Å². The molecule has 1 aromatic rings. The van der Waals surface area contributed by atoms with Crippen LogP contribution in [0.2, 0.25) is 0 Å². The van der Waals surface area contributed by atoms with E-state index in [0.29, 0.717) is 0 Å². The standard InChI is InChI=1S/C18H29N3/c1-13(2)15-5-4-9-21(10-8-15)12-17-7-6-16(18(19)20)11-14(17)3/h6-7,11,13,15H,4-5,8-10,12H2,1-3H3,(H3,19,20). The Hall–Kier alpha value is -1.35. The smallest absolute Gasteiger partial charge is 0.122 e. The Morgan fingerprint density at radius 2 is 2.10 bits per heavy atom. The highest BCUT2D eigenvalue weighted by atomic mass is 15.1. The van der Waals surface area contributed by atoms with Crippen LogP contribution in [0.25, 0.3) is 0 Å². The molecule has 21 heavy (non-hydrogen) atoms. The number of nitrogens with two attached hydrogens (primary N) is 1. The molecule has 0 saturated carbocycles. The molecule has 0 spiro atoms. The Labute approximate surface area is 129 Å². The van der Waals surface area contributed by atoms with E-state index < -0.39 is 0 Å². The summed E-state index contributed by atoms with van der Waals surface area (Å²) in [6, 6.07) is 6.14. The molecule has 1 saturated heterocycles. The summed E-state index contributed by atoms with van der Waals surface area (Å²) >= 11 is 0. The van der Waals surface area contributed by atoms with Gasteiger partial charge in [0.1, 0.15) is 5.84 Å². The molecule has 1 heterocycles. The van der Waals surface area contributed by atoms with Crippen LogP contribution in [0.4, 0.5) is 0 Å². The Morgan fingerprint density at radius 3 is 2.71 bits per heavy atom. The van der Waals surface area contributed by atoms with E-state index in [1.54, 1.807) is 0 Å². The zero-order valence-corrected chi connectivity index (χ0v) is 13.7. The average molecular weight is 287 g/mol. The number of hydrogen-bond acceptors (Lipinski definition) is 2. The van der Waals surface area contributed by atoms with Crippen LogP contribution in [0.3, 0.4) is 0 Å². The first kappa shape index (κ1) is 16.0. The number of nitrogen functional groups attached to an aromatic ring is 1. The van der Waals surface area contributed by atoms with Gasteiger partial charge in [0, 0.05) is 12.1 Å². The molecule has 0 bridgehead atoms. The van der Waals surface area contributed by atoms with E-state index in [1.807, 2.05) is 12.1 Å². The topological polar surface area (TPSA) is 53.1 Å². The van der Waals surface area contributed by atoms with Crippen LogP contribution in [0.5, 0.6) is 0 Å². The summed E-state index contributed by atoms with van der Waals surface area (Å²) < 4.78 is 0. The van der Waals surface area contributed by atoms with Crippen molar-refractivity contribution in [3.63, 3.8) is 0 Å². The Kier molecular flexibility index (Phi) is 5.40. The van der Waals surface area contributed by atoms with Crippen molar-refractivity contribution in [2.75, 3.05) is 13.1 Å². The van der Waals surface area contributed by atoms with Gasteiger partial charge in [0.25, 0.3) is 0 Å². The summed E-state index contributed by atoms with van der Waals surface area (Å²) in [5, 5.41) is 7.51. The third kappa shape index (κ3) is 4.31. The van der Waals surface area contributed by atoms with E-state index in [9.17, 15) is 0 Å². The number of amidine groups is 1. The van der Waals surface area contributed by atoms with Crippen LogP contribution in [0.15, 0.2) is 18.2 Å². The summed E-state index contributed by atoms with van der Waals surface area (Å²) in [6.07, 6.45) is 4.01. The molecule has 1 unspecified atom stereocenters. The lowest BCUT2D eigenvalue weighted by atomic mass is 9.89. The van der Waals surface area contributed by atoms with Crippen LogP contribution in [0.1, 0.15) is 49.8 Å². The van der Waals surface area contributed by atoms with Crippen LogP contribution in [-0.2, 0) is 6.54 Å². The van der Waals surface area contributed by atoms with E-state index in [-0.39, 0.29) is 5.84 Å². The maximum absolute atomic E-state index is 7.51. The predicted molar refractivity (Wildman–Crippen MR) is 89.7 cm³/mol. The molecule has 0 radical (unpaired) electrons. The number of nitrogens with one attached hydrogen (secondary N) is 1. The minimum atomic E-state index is 0.152. The maximum Gasteiger partial charge on any atom is 0.122 e. The van der Waals surface area contributed by atoms with Gasteiger partial charge in [0.05, 0.1) is 0 Å². The third-order valence-corrected chi connectivity index (χ3v) is 4.86. The fourth-order valence-corrected chi connectivity index (χ4v) is 3.29. The highest BCUT2D eigenvalue weighted by Crippen LogP contribution is 2.25. The predicted octanol–water partition coefficient (Wildman–Crippen LogP) is 3.54. The van der Waals surface area contributed by atoms with Gasteiger partial charge in [-0.2, -0.15) is 0 Å². The van der Waals surface area contributed by atoms with E-state index in [0.717, 1.165) is 23.9 Å². The molecule has 2 rings (SSSR count). The summed E-state index contributed by atoms with van der Waals surface area (Å²) in [5.41, 5.74) is 8.99. The molecule has 0 aliphatic carbocycles. The van der Waals surface area contributed by atoms with Gasteiger partial charge >= 0.3 is 0 Å². The second-order valence-electron chi connectivity index (χ2n) is 6.77. The highest BCUT2D eigenvalue weighted by Gasteiger charge is 2.19. The van der Waals surface area contributed by atoms with Gasteiger partial charge in [0.2, 0.25) is 0 Å². The zero-order chi connectivity index (χ0) is 15.4. The molecule has 1 atom stereocenters. The quantitative estimate of drug-likeness (QED) is 0.657. The van der Waals surface area contributed by atoms with Crippen molar-refractivity contribution in [3.8, 4) is 0 Å². The molecule has 3 heteroatoms. The highest BCUT2D eigenvalue weighted by molar-refractivity contribution is 5.95. The van der Waals surface area contributed by atoms with E-state index in [4.69, 9.17) is 11.1 Å². The molecular weight excluding hydrogens is 258 g/mol. The van der Waals surface area contributed by atoms with Gasteiger partial charge in [-0.1, -0.05) is 26.0 Å². The van der Waals surface area contributed by atoms with Gasteiger partial charge in [-0.25, -0.2) is 0 Å². The molecule has 1 fully saturated rings. The summed E-state index contributed by atoms with van der Waals surface area (Å²) in [4.78, 5) is 2.58. The monoisotopic (exact) mass is 287 g/mol. The van der Waals surface area contributed by atoms with Crippen molar-refractivity contribution in [3.05, 3.63) is 34.9 Å². The van der Waals surface area contributed by atoms with E-state index in [1.165, 1.54) is 43.5 Å². The fourth-order valence-electron chi connectivity index (χ4n) is 3.29. The van der Waals surface area contributed by atoms with Crippen LogP contribution in [-0.4, -0.2) is 23.8 Å². The minimum Gasteiger partial charge on any atom is -0.384 e. The van der Waals surface area contributed by atoms with Gasteiger partial charge in [-0.05, 0) is 68.3 Å². The second kappa shape index (κ2) is 7.08. The summed E-state index contributed by atoms with van der Waals surface area (Å²) in [6.45, 7) is 10.3. The number of hydrogen-bond donors (Lipinski definition) is 2. The Balaban J connectivity index is 2.00. The third-order valence-electron chi connectivity index (χ3n) is 4.86. The van der Waals surface area contributed by atoms with Crippen LogP contribution < -0.4 is 5.73 Å². The van der Waals surface area contributed by atoms with Crippen LogP contribution in [0, 0.1) is 24.2 Å². The number of likely N-dealkylation sites (tertiary alicyclic amines) is 1. The van der Waals surface area contributed by atoms with E-state index in [2.05, 4.69) is 31.7 Å². The van der Waals surface area contributed by atoms with Crippen molar-refractivity contribution in [2.45, 2.75) is 46.6 Å². The van der Waals surface area contributed by atoms with Crippen molar-refractivity contribution < 1.29 is 0 Å². The van der Waals surface area contributed by atoms with Crippen molar-refractivity contribution in [2.24, 2.45) is 17.6 Å². The molecule has 3 N–H and O–H groups in total. The molecule has 3 nitrogen and oxygen atoms in total. The first-order chi connectivity index (χ1) is 9.97. The van der Waals surface area contributed by atoms with E-state index >= 15 is 0 Å². The first-order valence-electron chi connectivity index (χ1n) is 8.13. The summed E-state index contributed by atoms with van der Waals surface area (Å²) in [5.74, 6) is 1.84. The second-order valence-corrected chi connectivity index (χ2v) is 6.77. The van der Waals surface area contributed by atoms with Gasteiger partial charge in [-0.15, -0.1) is 0 Å². The fraction of sp³-hybridized carbons (Fsp3) is 0.611. The van der Waals surface area contributed by atoms with Crippen molar-refractivity contribution >= 4 is 5.84 Å². The van der Waals surface area contributed by atoms with Crippen molar-refractivity contribution in [1.29, 1.82) is 5.41 Å². The molecule has 0 aromatic heterocycles. The normalized spacial score (nSPS) is 20.5. The SMILES string of the molecule is Cc1cc(C(=N)N)ccc1CN1CCCC(C(C)C)CC1. The largest absolute Gasteiger partial charge is 0.384 e. The lowest BCUT2D eigenvalue weighted by molar-refractivity contribution is 0.264. The van der Waals surface area contributed by atoms with Gasteiger partial charge < -0.3 is 5.73 Å². The Bertz CT molecular complexity index is 493. The maximum atomic E-state index is 7.51. The zero-order valence-electron chi connectivity index (χ0n) is 13.7. The number of benzene rings is 1. The number of rotatable bonds is 4. The molecule has 116 valence electrons. The molecule has 1 aliphatic rings. The molecule has 1 aliphatic heterocycles. The van der Waals surface area contributed by atoms with Gasteiger partial charge in [-0.3, -0.25) is 10.3 Å². The molecular formula is C18H29N3. The summed E-state index contributed by atoms with van der Waals surface area (Å²) in [7, 11) is 0. The molecule has 0 amide bonds. The average Bonchev–Trinajstić information content (AvgIpc) is 2.66. The minimum absolute atomic E-state index is 0.152. The molecule has 1 aromatic carbocycles. The first-order valence-corrected chi connectivity index (χ1v) is 8.13.